The van der Waals surface area contributed by atoms with E-state index in [9.17, 15) is 4.79 Å². The average Bonchev–Trinajstić information content (AvgIpc) is 2.10. The summed E-state index contributed by atoms with van der Waals surface area (Å²) in [7, 11) is 6.13. The molecule has 0 rings (SSSR count). The molecule has 0 saturated carbocycles. The SMILES string of the molecule is CC[C@H](C)CO[C@H](CC(=O)O)C[N+](C)(C)C. The molecule has 0 aromatic carbocycles. The fourth-order valence-electron chi connectivity index (χ4n) is 1.40. The highest BCUT2D eigenvalue weighted by Gasteiger charge is 2.22. The number of hydrogen-bond acceptors (Lipinski definition) is 2. The van der Waals surface area contributed by atoms with Crippen LogP contribution in [0.1, 0.15) is 26.7 Å². The number of quaternary nitrogens is 1. The van der Waals surface area contributed by atoms with Gasteiger partial charge >= 0.3 is 5.97 Å². The minimum atomic E-state index is -0.789. The molecule has 0 aliphatic heterocycles. The molecule has 16 heavy (non-hydrogen) atoms. The van der Waals surface area contributed by atoms with E-state index in [2.05, 4.69) is 13.8 Å². The number of carbonyl (C=O) groups is 1. The molecule has 0 unspecified atom stereocenters. The van der Waals surface area contributed by atoms with Gasteiger partial charge in [-0.3, -0.25) is 4.79 Å². The first kappa shape index (κ1) is 15.4. The van der Waals surface area contributed by atoms with E-state index in [0.717, 1.165) is 17.4 Å². The Balaban J connectivity index is 4.15. The van der Waals surface area contributed by atoms with Gasteiger partial charge in [-0.05, 0) is 5.92 Å². The van der Waals surface area contributed by atoms with Gasteiger partial charge < -0.3 is 14.3 Å². The van der Waals surface area contributed by atoms with Gasteiger partial charge in [-0.2, -0.15) is 0 Å². The lowest BCUT2D eigenvalue weighted by molar-refractivity contribution is -0.873. The Morgan fingerprint density at radius 2 is 1.94 bits per heavy atom. The molecule has 0 aliphatic rings. The van der Waals surface area contributed by atoms with E-state index in [-0.39, 0.29) is 12.5 Å². The van der Waals surface area contributed by atoms with Crippen LogP contribution >= 0.6 is 0 Å². The third-order valence-electron chi connectivity index (χ3n) is 2.47. The molecule has 0 fully saturated rings. The number of hydrogen-bond donors (Lipinski definition) is 1. The maximum atomic E-state index is 10.7. The van der Waals surface area contributed by atoms with Crippen molar-refractivity contribution >= 4 is 5.97 Å². The summed E-state index contributed by atoms with van der Waals surface area (Å²) >= 11 is 0. The molecule has 0 spiro atoms. The summed E-state index contributed by atoms with van der Waals surface area (Å²) in [5.41, 5.74) is 0. The molecule has 0 aliphatic carbocycles. The quantitative estimate of drug-likeness (QED) is 0.647. The molecule has 4 heteroatoms. The third-order valence-corrected chi connectivity index (χ3v) is 2.47. The van der Waals surface area contributed by atoms with E-state index in [0.29, 0.717) is 12.5 Å². The van der Waals surface area contributed by atoms with Crippen molar-refractivity contribution < 1.29 is 19.1 Å². The first-order valence-corrected chi connectivity index (χ1v) is 5.88. The van der Waals surface area contributed by atoms with E-state index < -0.39 is 5.97 Å². The van der Waals surface area contributed by atoms with Crippen LogP contribution < -0.4 is 0 Å². The molecule has 2 atom stereocenters. The fourth-order valence-corrected chi connectivity index (χ4v) is 1.40. The Kier molecular flexibility index (Phi) is 6.60. The van der Waals surface area contributed by atoms with Crippen LogP contribution in [0.15, 0.2) is 0 Å². The van der Waals surface area contributed by atoms with Gasteiger partial charge in [0.25, 0.3) is 0 Å². The van der Waals surface area contributed by atoms with Gasteiger partial charge in [-0.25, -0.2) is 0 Å². The minimum Gasteiger partial charge on any atom is -0.481 e. The third kappa shape index (κ3) is 8.68. The number of carboxylic acids is 1. The van der Waals surface area contributed by atoms with Crippen LogP contribution in [0.2, 0.25) is 0 Å². The van der Waals surface area contributed by atoms with Crippen molar-refractivity contribution in [3.63, 3.8) is 0 Å². The maximum absolute atomic E-state index is 10.7. The number of rotatable bonds is 8. The maximum Gasteiger partial charge on any atom is 0.306 e. The van der Waals surface area contributed by atoms with Crippen LogP contribution in [0.4, 0.5) is 0 Å². The Bertz CT molecular complexity index is 211. The number of likely N-dealkylation sites (N-methyl/N-ethyl adjacent to an activating group) is 1. The average molecular weight is 232 g/mol. The number of aliphatic carboxylic acids is 1. The van der Waals surface area contributed by atoms with E-state index in [1.165, 1.54) is 0 Å². The van der Waals surface area contributed by atoms with Crippen molar-refractivity contribution in [1.82, 2.24) is 0 Å². The molecule has 0 saturated heterocycles. The first-order valence-electron chi connectivity index (χ1n) is 5.88. The monoisotopic (exact) mass is 232 g/mol. The molecular weight excluding hydrogens is 206 g/mol. The number of ether oxygens (including phenoxy) is 1. The zero-order chi connectivity index (χ0) is 12.8. The van der Waals surface area contributed by atoms with Crippen LogP contribution in [-0.2, 0) is 9.53 Å². The lowest BCUT2D eigenvalue weighted by atomic mass is 10.1. The summed E-state index contributed by atoms with van der Waals surface area (Å²) in [5, 5.41) is 8.82. The van der Waals surface area contributed by atoms with Crippen molar-refractivity contribution in [2.45, 2.75) is 32.8 Å². The van der Waals surface area contributed by atoms with Crippen LogP contribution in [-0.4, -0.2) is 56.0 Å². The molecule has 0 aromatic heterocycles. The molecule has 0 aromatic rings. The molecule has 0 radical (unpaired) electrons. The van der Waals surface area contributed by atoms with Gasteiger partial charge in [0.15, 0.2) is 0 Å². The molecule has 0 bridgehead atoms. The zero-order valence-electron chi connectivity index (χ0n) is 11.2. The molecule has 0 heterocycles. The second-order valence-electron chi connectivity index (χ2n) is 5.54. The summed E-state index contributed by atoms with van der Waals surface area (Å²) in [6.45, 7) is 5.60. The van der Waals surface area contributed by atoms with Crippen LogP contribution in [0.5, 0.6) is 0 Å². The molecule has 4 nitrogen and oxygen atoms in total. The van der Waals surface area contributed by atoms with E-state index in [4.69, 9.17) is 9.84 Å². The minimum absolute atomic E-state index is 0.0892. The zero-order valence-corrected chi connectivity index (χ0v) is 11.2. The summed E-state index contributed by atoms with van der Waals surface area (Å²) in [5.74, 6) is -0.300. The van der Waals surface area contributed by atoms with Crippen molar-refractivity contribution in [1.29, 1.82) is 0 Å². The highest BCUT2D eigenvalue weighted by molar-refractivity contribution is 5.67. The van der Waals surface area contributed by atoms with E-state index >= 15 is 0 Å². The predicted molar refractivity (Wildman–Crippen MR) is 64.3 cm³/mol. The van der Waals surface area contributed by atoms with Gasteiger partial charge in [0, 0.05) is 6.61 Å². The van der Waals surface area contributed by atoms with Crippen molar-refractivity contribution in [3.8, 4) is 0 Å². The molecular formula is C12H26NO3+. The molecule has 0 amide bonds. The Morgan fingerprint density at radius 1 is 1.38 bits per heavy atom. The van der Waals surface area contributed by atoms with Crippen LogP contribution in [0.25, 0.3) is 0 Å². The fraction of sp³-hybridized carbons (Fsp3) is 0.917. The van der Waals surface area contributed by atoms with E-state index in [1.807, 2.05) is 21.1 Å². The van der Waals surface area contributed by atoms with Gasteiger partial charge in [0.1, 0.15) is 12.6 Å². The lowest BCUT2D eigenvalue weighted by Crippen LogP contribution is -2.43. The van der Waals surface area contributed by atoms with Gasteiger partial charge in [-0.15, -0.1) is 0 Å². The second kappa shape index (κ2) is 6.86. The standard InChI is InChI=1S/C12H25NO3/c1-6-10(2)9-16-11(7-12(14)15)8-13(3,4)5/h10-11H,6-9H2,1-5H3/p+1/t10-,11+/m0/s1. The lowest BCUT2D eigenvalue weighted by Gasteiger charge is -2.29. The summed E-state index contributed by atoms with van der Waals surface area (Å²) in [6.07, 6.45) is 0.961. The van der Waals surface area contributed by atoms with Gasteiger partial charge in [0.05, 0.1) is 27.6 Å². The Morgan fingerprint density at radius 3 is 2.31 bits per heavy atom. The second-order valence-corrected chi connectivity index (χ2v) is 5.54. The van der Waals surface area contributed by atoms with Crippen LogP contribution in [0, 0.1) is 5.92 Å². The molecule has 96 valence electrons. The van der Waals surface area contributed by atoms with Gasteiger partial charge in [-0.1, -0.05) is 20.3 Å². The van der Waals surface area contributed by atoms with Crippen molar-refractivity contribution in [2.24, 2.45) is 5.92 Å². The van der Waals surface area contributed by atoms with Crippen LogP contribution in [0.3, 0.4) is 0 Å². The summed E-state index contributed by atoms with van der Waals surface area (Å²) in [4.78, 5) is 10.7. The number of nitrogens with zero attached hydrogens (tertiary/aromatic N) is 1. The summed E-state index contributed by atoms with van der Waals surface area (Å²) < 4.78 is 6.41. The predicted octanol–water partition coefficient (Wildman–Crippen LogP) is 1.60. The van der Waals surface area contributed by atoms with Crippen molar-refractivity contribution in [3.05, 3.63) is 0 Å². The smallest absolute Gasteiger partial charge is 0.306 e. The summed E-state index contributed by atoms with van der Waals surface area (Å²) in [6, 6.07) is 0. The highest BCUT2D eigenvalue weighted by Crippen LogP contribution is 2.09. The highest BCUT2D eigenvalue weighted by atomic mass is 16.5. The van der Waals surface area contributed by atoms with Crippen molar-refractivity contribution in [2.75, 3.05) is 34.3 Å². The molecule has 1 N–H and O–H groups in total. The Hall–Kier alpha value is -0.610. The number of carboxylic acid groups (broad SMARTS) is 1. The van der Waals surface area contributed by atoms with Gasteiger partial charge in [0.2, 0.25) is 0 Å². The largest absolute Gasteiger partial charge is 0.481 e. The Labute approximate surface area is 98.8 Å². The van der Waals surface area contributed by atoms with E-state index in [1.54, 1.807) is 0 Å². The topological polar surface area (TPSA) is 46.5 Å². The first-order chi connectivity index (χ1) is 7.24. The normalized spacial score (nSPS) is 15.8.